The number of ether oxygens (including phenoxy) is 3. The average molecular weight is 406 g/mol. The van der Waals surface area contributed by atoms with Crippen molar-refractivity contribution in [3.05, 3.63) is 29.8 Å². The molecule has 0 amide bonds. The van der Waals surface area contributed by atoms with Crippen LogP contribution in [0.15, 0.2) is 24.3 Å². The van der Waals surface area contributed by atoms with Crippen LogP contribution in [0.25, 0.3) is 0 Å². The molecule has 1 N–H and O–H groups in total. The summed E-state index contributed by atoms with van der Waals surface area (Å²) < 4.78 is 15.3. The minimum atomic E-state index is -1.04. The summed E-state index contributed by atoms with van der Waals surface area (Å²) in [5, 5.41) is 9.52. The minimum absolute atomic E-state index is 0.0582. The number of phenolic OH excluding ortho intramolecular Hbond substituents is 1. The molecule has 0 spiro atoms. The molecule has 3 unspecified atom stereocenters. The fourth-order valence-electron chi connectivity index (χ4n) is 4.00. The second kappa shape index (κ2) is 8.84. The number of phenols is 1. The van der Waals surface area contributed by atoms with Crippen molar-refractivity contribution in [2.75, 3.05) is 13.7 Å². The molecule has 0 aliphatic carbocycles. The van der Waals surface area contributed by atoms with Crippen LogP contribution < -0.4 is 0 Å². The number of carbonyl (C=O) groups excluding carboxylic acids is 3. The fourth-order valence-corrected chi connectivity index (χ4v) is 4.00. The highest BCUT2D eigenvalue weighted by Gasteiger charge is 2.46. The van der Waals surface area contributed by atoms with Crippen LogP contribution >= 0.6 is 0 Å². The van der Waals surface area contributed by atoms with Crippen molar-refractivity contribution in [2.24, 2.45) is 10.8 Å². The summed E-state index contributed by atoms with van der Waals surface area (Å²) in [6.45, 7) is 7.38. The van der Waals surface area contributed by atoms with Crippen molar-refractivity contribution in [3.8, 4) is 5.75 Å². The zero-order chi connectivity index (χ0) is 21.8. The Hall–Kier alpha value is -2.57. The highest BCUT2D eigenvalue weighted by molar-refractivity contribution is 5.84. The Morgan fingerprint density at radius 1 is 1.21 bits per heavy atom. The molecule has 1 aliphatic rings. The molecular weight excluding hydrogens is 376 g/mol. The lowest BCUT2D eigenvalue weighted by Crippen LogP contribution is -2.41. The Bertz CT molecular complexity index is 753. The maximum Gasteiger partial charge on any atom is 0.347 e. The van der Waals surface area contributed by atoms with E-state index in [1.165, 1.54) is 7.11 Å². The number of methoxy groups -OCH3 is 1. The van der Waals surface area contributed by atoms with Gasteiger partial charge in [-0.1, -0.05) is 19.1 Å². The molecule has 0 radical (unpaired) electrons. The van der Waals surface area contributed by atoms with Crippen molar-refractivity contribution in [2.45, 2.75) is 59.0 Å². The summed E-state index contributed by atoms with van der Waals surface area (Å²) in [5.41, 5.74) is -1.02. The molecule has 1 aliphatic heterocycles. The molecule has 0 saturated carbocycles. The van der Waals surface area contributed by atoms with Crippen molar-refractivity contribution >= 4 is 17.9 Å². The van der Waals surface area contributed by atoms with Crippen molar-refractivity contribution in [3.63, 3.8) is 0 Å². The maximum atomic E-state index is 13.2. The van der Waals surface area contributed by atoms with Gasteiger partial charge in [-0.15, -0.1) is 0 Å². The third kappa shape index (κ3) is 5.49. The second-order valence-corrected chi connectivity index (χ2v) is 8.66. The summed E-state index contributed by atoms with van der Waals surface area (Å²) in [6.07, 6.45) is -0.00433. The molecule has 3 atom stereocenters. The van der Waals surface area contributed by atoms with Crippen LogP contribution in [0, 0.1) is 10.8 Å². The van der Waals surface area contributed by atoms with Gasteiger partial charge in [-0.25, -0.2) is 4.79 Å². The van der Waals surface area contributed by atoms with E-state index in [1.54, 1.807) is 45.0 Å². The van der Waals surface area contributed by atoms with Gasteiger partial charge in [0.15, 0.2) is 0 Å². The summed E-state index contributed by atoms with van der Waals surface area (Å²) in [7, 11) is 1.31. The van der Waals surface area contributed by atoms with Gasteiger partial charge in [0.1, 0.15) is 5.75 Å². The molecule has 7 heteroatoms. The van der Waals surface area contributed by atoms with E-state index < -0.39 is 34.8 Å². The molecule has 1 heterocycles. The molecular formula is C22H30O7. The zero-order valence-electron chi connectivity index (χ0n) is 17.7. The van der Waals surface area contributed by atoms with Gasteiger partial charge in [-0.05, 0) is 57.2 Å². The van der Waals surface area contributed by atoms with E-state index in [2.05, 4.69) is 0 Å². The second-order valence-electron chi connectivity index (χ2n) is 8.66. The molecule has 7 nitrogen and oxygen atoms in total. The van der Waals surface area contributed by atoms with Crippen LogP contribution in [0.2, 0.25) is 0 Å². The molecule has 1 saturated heterocycles. The Morgan fingerprint density at radius 2 is 1.83 bits per heavy atom. The minimum Gasteiger partial charge on any atom is -0.508 e. The van der Waals surface area contributed by atoms with E-state index in [1.807, 2.05) is 6.92 Å². The zero-order valence-corrected chi connectivity index (χ0v) is 17.7. The lowest BCUT2D eigenvalue weighted by Gasteiger charge is -2.36. The normalized spacial score (nSPS) is 19.8. The Morgan fingerprint density at radius 3 is 2.34 bits per heavy atom. The van der Waals surface area contributed by atoms with Gasteiger partial charge < -0.3 is 19.3 Å². The number of hydrogen-bond acceptors (Lipinski definition) is 7. The van der Waals surface area contributed by atoms with Crippen molar-refractivity contribution in [1.82, 2.24) is 0 Å². The summed E-state index contributed by atoms with van der Waals surface area (Å²) in [4.78, 5) is 37.2. The summed E-state index contributed by atoms with van der Waals surface area (Å²) in [6, 6.07) is 6.78. The third-order valence-corrected chi connectivity index (χ3v) is 5.42. The molecule has 0 bridgehead atoms. The average Bonchev–Trinajstić information content (AvgIpc) is 3.05. The van der Waals surface area contributed by atoms with Crippen LogP contribution in [0.5, 0.6) is 5.75 Å². The van der Waals surface area contributed by atoms with Crippen molar-refractivity contribution < 1.29 is 33.7 Å². The van der Waals surface area contributed by atoms with E-state index in [-0.39, 0.29) is 24.7 Å². The SMILES string of the molecule is COC(=O)C(C)(C)CC(C)(CC(C)c1ccc(O)cc1)C(=O)OC1CCOC1=O. The van der Waals surface area contributed by atoms with E-state index in [0.717, 1.165) is 5.56 Å². The highest BCUT2D eigenvalue weighted by Crippen LogP contribution is 2.43. The monoisotopic (exact) mass is 406 g/mol. The molecule has 2 rings (SSSR count). The van der Waals surface area contributed by atoms with Gasteiger partial charge in [0, 0.05) is 6.42 Å². The van der Waals surface area contributed by atoms with E-state index in [9.17, 15) is 19.5 Å². The number of cyclic esters (lactones) is 1. The smallest absolute Gasteiger partial charge is 0.347 e. The summed E-state index contributed by atoms with van der Waals surface area (Å²) in [5.74, 6) is -1.40. The molecule has 1 aromatic carbocycles. The largest absolute Gasteiger partial charge is 0.508 e. The topological polar surface area (TPSA) is 99.1 Å². The third-order valence-electron chi connectivity index (χ3n) is 5.42. The predicted octanol–water partition coefficient (Wildman–Crippen LogP) is 3.34. The van der Waals surface area contributed by atoms with E-state index in [4.69, 9.17) is 14.2 Å². The molecule has 1 fully saturated rings. The predicted molar refractivity (Wildman–Crippen MR) is 105 cm³/mol. The molecule has 160 valence electrons. The first-order valence-electron chi connectivity index (χ1n) is 9.73. The van der Waals surface area contributed by atoms with Crippen LogP contribution in [-0.4, -0.2) is 42.8 Å². The van der Waals surface area contributed by atoms with Crippen LogP contribution in [0.1, 0.15) is 58.4 Å². The number of esters is 3. The van der Waals surface area contributed by atoms with Gasteiger partial charge in [-0.2, -0.15) is 0 Å². The first kappa shape index (κ1) is 22.7. The quantitative estimate of drug-likeness (QED) is 0.522. The maximum absolute atomic E-state index is 13.2. The van der Waals surface area contributed by atoms with E-state index >= 15 is 0 Å². The van der Waals surface area contributed by atoms with Gasteiger partial charge in [0.2, 0.25) is 6.10 Å². The van der Waals surface area contributed by atoms with Crippen LogP contribution in [0.4, 0.5) is 0 Å². The lowest BCUT2D eigenvalue weighted by atomic mass is 9.69. The Kier molecular flexibility index (Phi) is 6.93. The molecule has 0 aromatic heterocycles. The number of carbonyl (C=O) groups is 3. The fraction of sp³-hybridized carbons (Fsp3) is 0.591. The van der Waals surface area contributed by atoms with Crippen LogP contribution in [-0.2, 0) is 28.6 Å². The number of aromatic hydroxyl groups is 1. The molecule has 29 heavy (non-hydrogen) atoms. The number of rotatable bonds is 8. The summed E-state index contributed by atoms with van der Waals surface area (Å²) >= 11 is 0. The van der Waals surface area contributed by atoms with Gasteiger partial charge in [0.05, 0.1) is 24.5 Å². The highest BCUT2D eigenvalue weighted by atomic mass is 16.6. The first-order chi connectivity index (χ1) is 13.5. The van der Waals surface area contributed by atoms with E-state index in [0.29, 0.717) is 12.8 Å². The number of hydrogen-bond donors (Lipinski definition) is 1. The standard InChI is InChI=1S/C22H30O7/c1-14(15-6-8-16(23)9-7-15)12-22(4,13-21(2,3)19(25)27-5)20(26)29-17-10-11-28-18(17)24/h6-9,14,17,23H,10-13H2,1-5H3. The Labute approximate surface area is 171 Å². The van der Waals surface area contributed by atoms with Gasteiger partial charge in [0.25, 0.3) is 0 Å². The van der Waals surface area contributed by atoms with Crippen molar-refractivity contribution in [1.29, 1.82) is 0 Å². The van der Waals surface area contributed by atoms with Gasteiger partial charge >= 0.3 is 17.9 Å². The molecule has 1 aromatic rings. The van der Waals surface area contributed by atoms with Gasteiger partial charge in [-0.3, -0.25) is 9.59 Å². The Balaban J connectivity index is 2.27. The first-order valence-corrected chi connectivity index (χ1v) is 9.73. The number of benzene rings is 1. The van der Waals surface area contributed by atoms with Crippen LogP contribution in [0.3, 0.4) is 0 Å². The lowest BCUT2D eigenvalue weighted by molar-refractivity contribution is -0.171.